The van der Waals surface area contributed by atoms with Gasteiger partial charge in [0.15, 0.2) is 0 Å². The van der Waals surface area contributed by atoms with Crippen molar-refractivity contribution in [2.45, 2.75) is 58.4 Å². The Kier molecular flexibility index (Phi) is 12.4. The average Bonchev–Trinajstić information content (AvgIpc) is 2.97. The van der Waals surface area contributed by atoms with E-state index in [1.165, 1.54) is 24.3 Å². The van der Waals surface area contributed by atoms with Crippen LogP contribution in [0.2, 0.25) is 0 Å². The van der Waals surface area contributed by atoms with E-state index >= 15 is 0 Å². The number of nitrogens with zero attached hydrogens (tertiary/aromatic N) is 1. The fraction of sp³-hybridized carbons (Fsp3) is 0.621. The maximum atomic E-state index is 12.9. The van der Waals surface area contributed by atoms with Gasteiger partial charge in [-0.3, -0.25) is 19.7 Å². The van der Waals surface area contributed by atoms with E-state index in [0.717, 1.165) is 32.4 Å². The first-order valence-electron chi connectivity index (χ1n) is 14.5. The molecule has 4 amide bonds. The molecule has 1 unspecified atom stereocenters. The van der Waals surface area contributed by atoms with Crippen LogP contribution >= 0.6 is 0 Å². The third kappa shape index (κ3) is 10.7. The minimum atomic E-state index is -1.35. The molecule has 0 aromatic heterocycles. The van der Waals surface area contributed by atoms with E-state index in [0.29, 0.717) is 44.0 Å². The number of amides is 4. The van der Waals surface area contributed by atoms with Gasteiger partial charge >= 0.3 is 12.1 Å². The van der Waals surface area contributed by atoms with Crippen LogP contribution in [-0.2, 0) is 19.1 Å². The van der Waals surface area contributed by atoms with E-state index in [-0.39, 0.29) is 36.4 Å². The lowest BCUT2D eigenvalue weighted by Crippen LogP contribution is -2.51. The molecule has 2 aliphatic heterocycles. The number of ether oxygens (including phenoxy) is 1. The second-order valence-corrected chi connectivity index (χ2v) is 11.2. The molecule has 2 heterocycles. The van der Waals surface area contributed by atoms with Crippen molar-refractivity contribution >= 4 is 35.5 Å². The zero-order chi connectivity index (χ0) is 29.8. The fourth-order valence-electron chi connectivity index (χ4n) is 4.96. The molecule has 41 heavy (non-hydrogen) atoms. The quantitative estimate of drug-likeness (QED) is 0.254. The minimum Gasteiger partial charge on any atom is -0.480 e. The summed E-state index contributed by atoms with van der Waals surface area (Å²) in [4.78, 5) is 63.6. The van der Waals surface area contributed by atoms with Crippen molar-refractivity contribution in [1.82, 2.24) is 20.9 Å². The standard InChI is InChI=1S/C29H43N5O7/c1-19(2)18-41-29(40)32-23-8-6-21(7-9-23)27(37)33-24(28(38)39)16-31-26(36)22-4-3-15-34(17-22)25(35)10-5-20-11-13-30-14-12-20/h6-9,19-20,22,24,30H,3-5,10-18H2,1-2H3,(H,31,36)(H,32,40)(H,33,37)(H,38,39)/t22-,24?/m1/s1. The van der Waals surface area contributed by atoms with Gasteiger partial charge in [-0.1, -0.05) is 13.8 Å². The van der Waals surface area contributed by atoms with Crippen molar-refractivity contribution in [3.8, 4) is 0 Å². The summed E-state index contributed by atoms with van der Waals surface area (Å²) in [7, 11) is 0. The lowest BCUT2D eigenvalue weighted by atomic mass is 9.92. The molecular formula is C29H43N5O7. The van der Waals surface area contributed by atoms with Crippen molar-refractivity contribution in [2.24, 2.45) is 17.8 Å². The Labute approximate surface area is 240 Å². The van der Waals surface area contributed by atoms with Crippen molar-refractivity contribution < 1.29 is 33.8 Å². The van der Waals surface area contributed by atoms with Crippen LogP contribution in [0, 0.1) is 17.8 Å². The number of benzene rings is 1. The molecule has 2 aliphatic rings. The number of hydrogen-bond acceptors (Lipinski definition) is 7. The second-order valence-electron chi connectivity index (χ2n) is 11.2. The highest BCUT2D eigenvalue weighted by Gasteiger charge is 2.30. The Morgan fingerprint density at radius 2 is 1.78 bits per heavy atom. The van der Waals surface area contributed by atoms with Crippen LogP contribution in [0.3, 0.4) is 0 Å². The number of carboxylic acid groups (broad SMARTS) is 1. The van der Waals surface area contributed by atoms with Gasteiger partial charge in [0.2, 0.25) is 11.8 Å². The molecule has 0 saturated carbocycles. The van der Waals surface area contributed by atoms with Crippen LogP contribution in [0.1, 0.15) is 62.7 Å². The van der Waals surface area contributed by atoms with E-state index < -0.39 is 29.9 Å². The van der Waals surface area contributed by atoms with Gasteiger partial charge in [-0.05, 0) is 81.3 Å². The van der Waals surface area contributed by atoms with Crippen LogP contribution in [-0.4, -0.2) is 85.2 Å². The highest BCUT2D eigenvalue weighted by molar-refractivity contribution is 5.97. The smallest absolute Gasteiger partial charge is 0.411 e. The normalized spacial score (nSPS) is 18.3. The summed E-state index contributed by atoms with van der Waals surface area (Å²) in [6, 6.07) is 4.56. The molecule has 12 heteroatoms. The van der Waals surface area contributed by atoms with E-state index in [9.17, 15) is 29.1 Å². The van der Waals surface area contributed by atoms with Crippen LogP contribution < -0.4 is 21.3 Å². The first kappa shape index (κ1) is 31.9. The number of carboxylic acids is 1. The molecule has 0 bridgehead atoms. The van der Waals surface area contributed by atoms with Gasteiger partial charge in [-0.25, -0.2) is 9.59 Å². The van der Waals surface area contributed by atoms with E-state index in [1.807, 2.05) is 13.8 Å². The van der Waals surface area contributed by atoms with Crippen LogP contribution in [0.5, 0.6) is 0 Å². The van der Waals surface area contributed by atoms with Crippen molar-refractivity contribution in [1.29, 1.82) is 0 Å². The van der Waals surface area contributed by atoms with Gasteiger partial charge in [0, 0.05) is 37.3 Å². The van der Waals surface area contributed by atoms with Gasteiger partial charge in [-0.2, -0.15) is 0 Å². The summed E-state index contributed by atoms with van der Waals surface area (Å²) < 4.78 is 5.05. The third-order valence-electron chi connectivity index (χ3n) is 7.40. The number of rotatable bonds is 12. The maximum absolute atomic E-state index is 12.9. The second kappa shape index (κ2) is 15.9. The Bertz CT molecular complexity index is 1060. The Hall–Kier alpha value is -3.67. The fourth-order valence-corrected chi connectivity index (χ4v) is 4.96. The molecule has 1 aromatic rings. The summed E-state index contributed by atoms with van der Waals surface area (Å²) in [6.45, 7) is 6.73. The topological polar surface area (TPSA) is 166 Å². The van der Waals surface area contributed by atoms with Crippen LogP contribution in [0.15, 0.2) is 24.3 Å². The lowest BCUT2D eigenvalue weighted by Gasteiger charge is -2.33. The molecule has 12 nitrogen and oxygen atoms in total. The highest BCUT2D eigenvalue weighted by atomic mass is 16.5. The predicted molar refractivity (Wildman–Crippen MR) is 152 cm³/mol. The SMILES string of the molecule is CC(C)COC(=O)Nc1ccc(C(=O)NC(CNC(=O)[C@@H]2CCCN(C(=O)CCC3CCNCC3)C2)C(=O)O)cc1. The first-order chi connectivity index (χ1) is 19.6. The minimum absolute atomic E-state index is 0.0605. The monoisotopic (exact) mass is 573 g/mol. The van der Waals surface area contributed by atoms with Gasteiger partial charge in [-0.15, -0.1) is 0 Å². The number of anilines is 1. The zero-order valence-corrected chi connectivity index (χ0v) is 23.9. The van der Waals surface area contributed by atoms with Gasteiger partial charge in [0.05, 0.1) is 12.5 Å². The largest absolute Gasteiger partial charge is 0.480 e. The summed E-state index contributed by atoms with van der Waals surface area (Å²) in [6.07, 6.45) is 4.20. The molecule has 2 atom stereocenters. The Morgan fingerprint density at radius 3 is 2.44 bits per heavy atom. The van der Waals surface area contributed by atoms with Gasteiger partial charge < -0.3 is 30.7 Å². The highest BCUT2D eigenvalue weighted by Crippen LogP contribution is 2.21. The number of hydrogen-bond donors (Lipinski definition) is 5. The molecule has 0 radical (unpaired) electrons. The van der Waals surface area contributed by atoms with E-state index in [1.54, 1.807) is 4.90 Å². The summed E-state index contributed by atoms with van der Waals surface area (Å²) in [5.74, 6) is -1.87. The molecule has 1 aromatic carbocycles. The van der Waals surface area contributed by atoms with Crippen molar-refractivity contribution in [3.05, 3.63) is 29.8 Å². The predicted octanol–water partition coefficient (Wildman–Crippen LogP) is 2.21. The molecular weight excluding hydrogens is 530 g/mol. The molecule has 0 spiro atoms. The molecule has 0 aliphatic carbocycles. The molecule has 5 N–H and O–H groups in total. The average molecular weight is 574 g/mol. The van der Waals surface area contributed by atoms with Crippen molar-refractivity contribution in [2.75, 3.05) is 44.6 Å². The van der Waals surface area contributed by atoms with E-state index in [2.05, 4.69) is 21.3 Å². The molecule has 226 valence electrons. The number of aliphatic carboxylic acids is 1. The number of piperidine rings is 2. The van der Waals surface area contributed by atoms with Gasteiger partial charge in [0.1, 0.15) is 6.04 Å². The maximum Gasteiger partial charge on any atom is 0.411 e. The van der Waals surface area contributed by atoms with Gasteiger partial charge in [0.25, 0.3) is 5.91 Å². The summed E-state index contributed by atoms with van der Waals surface area (Å²) in [5, 5.41) is 20.6. The summed E-state index contributed by atoms with van der Waals surface area (Å²) in [5.41, 5.74) is 0.609. The summed E-state index contributed by atoms with van der Waals surface area (Å²) >= 11 is 0. The van der Waals surface area contributed by atoms with Crippen molar-refractivity contribution in [3.63, 3.8) is 0 Å². The lowest BCUT2D eigenvalue weighted by molar-refractivity contribution is -0.139. The molecule has 3 rings (SSSR count). The number of nitrogens with one attached hydrogen (secondary N) is 4. The Morgan fingerprint density at radius 1 is 1.07 bits per heavy atom. The van der Waals surface area contributed by atoms with Crippen LogP contribution in [0.25, 0.3) is 0 Å². The number of likely N-dealkylation sites (tertiary alicyclic amines) is 1. The molecule has 2 saturated heterocycles. The third-order valence-corrected chi connectivity index (χ3v) is 7.40. The molecule has 2 fully saturated rings. The van der Waals surface area contributed by atoms with E-state index in [4.69, 9.17) is 4.74 Å². The Balaban J connectivity index is 1.45. The van der Waals surface area contributed by atoms with Crippen LogP contribution in [0.4, 0.5) is 10.5 Å². The first-order valence-corrected chi connectivity index (χ1v) is 14.5. The number of carbonyl (C=O) groups is 5. The zero-order valence-electron chi connectivity index (χ0n) is 23.9. The number of carbonyl (C=O) groups excluding carboxylic acids is 4.